The molecule has 1 aliphatic rings. The molecule has 5 heteroatoms. The average Bonchev–Trinajstić information content (AvgIpc) is 2.34. The molecule has 1 unspecified atom stereocenters. The lowest BCUT2D eigenvalue weighted by atomic mass is 9.83. The number of carboxylic acid groups (broad SMARTS) is 1. The predicted molar refractivity (Wildman–Crippen MR) is 73.6 cm³/mol. The van der Waals surface area contributed by atoms with E-state index in [0.29, 0.717) is 13.1 Å². The minimum Gasteiger partial charge on any atom is -0.481 e. The summed E-state index contributed by atoms with van der Waals surface area (Å²) in [4.78, 5) is 24.2. The SMILES string of the molecule is CC(C)(C)C1=CCN(C(=O)C(N)CCC(=O)O)CC1. The lowest BCUT2D eigenvalue weighted by molar-refractivity contribution is -0.137. The van der Waals surface area contributed by atoms with E-state index in [4.69, 9.17) is 10.8 Å². The van der Waals surface area contributed by atoms with Crippen LogP contribution in [0, 0.1) is 5.41 Å². The van der Waals surface area contributed by atoms with Crippen molar-refractivity contribution in [1.29, 1.82) is 0 Å². The molecular weight excluding hydrogens is 244 g/mol. The molecule has 0 saturated heterocycles. The number of rotatable bonds is 4. The summed E-state index contributed by atoms with van der Waals surface area (Å²) in [5.41, 5.74) is 7.24. The van der Waals surface area contributed by atoms with Gasteiger partial charge in [-0.25, -0.2) is 0 Å². The van der Waals surface area contributed by atoms with Gasteiger partial charge in [0.05, 0.1) is 6.04 Å². The van der Waals surface area contributed by atoms with Crippen LogP contribution in [0.25, 0.3) is 0 Å². The largest absolute Gasteiger partial charge is 0.481 e. The summed E-state index contributed by atoms with van der Waals surface area (Å²) in [6.07, 6.45) is 3.08. The highest BCUT2D eigenvalue weighted by Crippen LogP contribution is 2.30. The third-order valence-corrected chi connectivity index (χ3v) is 3.47. The van der Waals surface area contributed by atoms with E-state index in [1.165, 1.54) is 5.57 Å². The molecule has 0 fully saturated rings. The van der Waals surface area contributed by atoms with Gasteiger partial charge in [-0.1, -0.05) is 32.4 Å². The fraction of sp³-hybridized carbons (Fsp3) is 0.714. The molecule has 0 spiro atoms. The van der Waals surface area contributed by atoms with Crippen molar-refractivity contribution in [2.24, 2.45) is 11.1 Å². The van der Waals surface area contributed by atoms with Crippen LogP contribution in [-0.4, -0.2) is 41.0 Å². The van der Waals surface area contributed by atoms with Gasteiger partial charge in [0.25, 0.3) is 0 Å². The Morgan fingerprint density at radius 3 is 2.53 bits per heavy atom. The second-order valence-electron chi connectivity index (χ2n) is 6.05. The Labute approximate surface area is 114 Å². The Kier molecular flexibility index (Phi) is 5.11. The zero-order chi connectivity index (χ0) is 14.6. The molecule has 0 aromatic carbocycles. The molecule has 1 atom stereocenters. The van der Waals surface area contributed by atoms with Gasteiger partial charge in [0, 0.05) is 19.5 Å². The fourth-order valence-electron chi connectivity index (χ4n) is 2.19. The maximum absolute atomic E-state index is 12.0. The second kappa shape index (κ2) is 6.19. The van der Waals surface area contributed by atoms with Crippen LogP contribution >= 0.6 is 0 Å². The molecule has 3 N–H and O–H groups in total. The lowest BCUT2D eigenvalue weighted by Crippen LogP contribution is -2.46. The summed E-state index contributed by atoms with van der Waals surface area (Å²) >= 11 is 0. The quantitative estimate of drug-likeness (QED) is 0.755. The van der Waals surface area contributed by atoms with Gasteiger partial charge < -0.3 is 15.7 Å². The fourth-order valence-corrected chi connectivity index (χ4v) is 2.19. The van der Waals surface area contributed by atoms with Crippen molar-refractivity contribution in [3.8, 4) is 0 Å². The van der Waals surface area contributed by atoms with Crippen molar-refractivity contribution in [3.05, 3.63) is 11.6 Å². The van der Waals surface area contributed by atoms with Gasteiger partial charge in [-0.2, -0.15) is 0 Å². The van der Waals surface area contributed by atoms with E-state index in [0.717, 1.165) is 6.42 Å². The molecule has 0 radical (unpaired) electrons. The van der Waals surface area contributed by atoms with Crippen LogP contribution in [-0.2, 0) is 9.59 Å². The maximum Gasteiger partial charge on any atom is 0.303 e. The van der Waals surface area contributed by atoms with E-state index in [-0.39, 0.29) is 24.2 Å². The van der Waals surface area contributed by atoms with Crippen molar-refractivity contribution >= 4 is 11.9 Å². The standard InChI is InChI=1S/C14H24N2O3/c1-14(2,3)10-6-8-16(9-7-10)13(19)11(15)4-5-12(17)18/h6,11H,4-5,7-9,15H2,1-3H3,(H,17,18). The number of carboxylic acids is 1. The van der Waals surface area contributed by atoms with Gasteiger partial charge in [0.2, 0.25) is 5.91 Å². The van der Waals surface area contributed by atoms with Gasteiger partial charge in [0.1, 0.15) is 0 Å². The van der Waals surface area contributed by atoms with Gasteiger partial charge >= 0.3 is 5.97 Å². The zero-order valence-corrected chi connectivity index (χ0v) is 12.0. The lowest BCUT2D eigenvalue weighted by Gasteiger charge is -2.33. The Morgan fingerprint density at radius 2 is 2.11 bits per heavy atom. The number of aliphatic carboxylic acids is 1. The first-order valence-corrected chi connectivity index (χ1v) is 6.67. The molecule has 108 valence electrons. The molecule has 0 bridgehead atoms. The van der Waals surface area contributed by atoms with E-state index in [9.17, 15) is 9.59 Å². The molecule has 1 amide bonds. The summed E-state index contributed by atoms with van der Waals surface area (Å²) in [5.74, 6) is -1.07. The summed E-state index contributed by atoms with van der Waals surface area (Å²) in [6, 6.07) is -0.708. The van der Waals surface area contributed by atoms with Crippen molar-refractivity contribution in [2.45, 2.75) is 46.1 Å². The van der Waals surface area contributed by atoms with E-state index in [2.05, 4.69) is 26.8 Å². The molecule has 0 aromatic heterocycles. The molecule has 1 rings (SSSR count). The van der Waals surface area contributed by atoms with Crippen molar-refractivity contribution in [1.82, 2.24) is 4.90 Å². The number of carbonyl (C=O) groups is 2. The van der Waals surface area contributed by atoms with Crippen molar-refractivity contribution < 1.29 is 14.7 Å². The molecule has 1 aliphatic heterocycles. The van der Waals surface area contributed by atoms with Crippen LogP contribution in [0.2, 0.25) is 0 Å². The van der Waals surface area contributed by atoms with E-state index < -0.39 is 12.0 Å². The van der Waals surface area contributed by atoms with E-state index in [1.807, 2.05) is 0 Å². The average molecular weight is 268 g/mol. The van der Waals surface area contributed by atoms with E-state index in [1.54, 1.807) is 4.90 Å². The number of amides is 1. The van der Waals surface area contributed by atoms with Crippen LogP contribution in [0.4, 0.5) is 0 Å². The Bertz CT molecular complexity index is 383. The Morgan fingerprint density at radius 1 is 1.47 bits per heavy atom. The van der Waals surface area contributed by atoms with Crippen LogP contribution in [0.15, 0.2) is 11.6 Å². The molecule has 1 heterocycles. The first-order chi connectivity index (χ1) is 8.71. The van der Waals surface area contributed by atoms with Crippen LogP contribution in [0.3, 0.4) is 0 Å². The van der Waals surface area contributed by atoms with Crippen LogP contribution < -0.4 is 5.73 Å². The first kappa shape index (κ1) is 15.7. The smallest absolute Gasteiger partial charge is 0.303 e. The number of hydrogen-bond acceptors (Lipinski definition) is 3. The maximum atomic E-state index is 12.0. The minimum atomic E-state index is -0.920. The minimum absolute atomic E-state index is 0.0656. The van der Waals surface area contributed by atoms with Crippen LogP contribution in [0.5, 0.6) is 0 Å². The Hall–Kier alpha value is -1.36. The van der Waals surface area contributed by atoms with Crippen LogP contribution in [0.1, 0.15) is 40.0 Å². The van der Waals surface area contributed by atoms with Gasteiger partial charge in [-0.05, 0) is 18.3 Å². The van der Waals surface area contributed by atoms with Crippen molar-refractivity contribution in [2.75, 3.05) is 13.1 Å². The predicted octanol–water partition coefficient (Wildman–Crippen LogP) is 1.38. The Balaban J connectivity index is 2.53. The summed E-state index contributed by atoms with van der Waals surface area (Å²) in [7, 11) is 0. The molecule has 0 aliphatic carbocycles. The summed E-state index contributed by atoms with van der Waals surface area (Å²) < 4.78 is 0. The zero-order valence-electron chi connectivity index (χ0n) is 12.0. The first-order valence-electron chi connectivity index (χ1n) is 6.67. The number of nitrogens with two attached hydrogens (primary N) is 1. The third-order valence-electron chi connectivity index (χ3n) is 3.47. The van der Waals surface area contributed by atoms with E-state index >= 15 is 0 Å². The number of carbonyl (C=O) groups excluding carboxylic acids is 1. The van der Waals surface area contributed by atoms with Crippen molar-refractivity contribution in [3.63, 3.8) is 0 Å². The second-order valence-corrected chi connectivity index (χ2v) is 6.05. The molecule has 19 heavy (non-hydrogen) atoms. The highest BCUT2D eigenvalue weighted by molar-refractivity contribution is 5.82. The molecule has 0 aromatic rings. The highest BCUT2D eigenvalue weighted by atomic mass is 16.4. The van der Waals surface area contributed by atoms with Gasteiger partial charge in [-0.15, -0.1) is 0 Å². The third kappa shape index (κ3) is 4.67. The van der Waals surface area contributed by atoms with Gasteiger partial charge in [0.15, 0.2) is 0 Å². The normalized spacial score (nSPS) is 17.9. The molecule has 5 nitrogen and oxygen atoms in total. The monoisotopic (exact) mass is 268 g/mol. The summed E-state index contributed by atoms with van der Waals surface area (Å²) in [6.45, 7) is 7.73. The number of nitrogens with zero attached hydrogens (tertiary/aromatic N) is 1. The number of hydrogen-bond donors (Lipinski definition) is 2. The summed E-state index contributed by atoms with van der Waals surface area (Å²) in [5, 5.41) is 8.59. The topological polar surface area (TPSA) is 83.6 Å². The van der Waals surface area contributed by atoms with Gasteiger partial charge in [-0.3, -0.25) is 9.59 Å². The molecular formula is C14H24N2O3. The highest BCUT2D eigenvalue weighted by Gasteiger charge is 2.26. The molecule has 0 saturated carbocycles.